The summed E-state index contributed by atoms with van der Waals surface area (Å²) in [5.41, 5.74) is 1.27. The number of carbonyl (C=O) groups excluding carboxylic acids is 3. The predicted molar refractivity (Wildman–Crippen MR) is 125 cm³/mol. The van der Waals surface area contributed by atoms with Crippen molar-refractivity contribution >= 4 is 28.5 Å². The molecule has 0 unspecified atom stereocenters. The Balaban J connectivity index is 1.39. The van der Waals surface area contributed by atoms with Gasteiger partial charge in [0.15, 0.2) is 5.82 Å². The maximum atomic E-state index is 13.3. The highest BCUT2D eigenvalue weighted by atomic mass is 16.5. The van der Waals surface area contributed by atoms with Gasteiger partial charge in [0, 0.05) is 37.4 Å². The molecule has 0 aliphatic carbocycles. The number of ether oxygens (including phenoxy) is 1. The fourth-order valence-corrected chi connectivity index (χ4v) is 4.38. The molecule has 4 heterocycles. The van der Waals surface area contributed by atoms with E-state index in [1.807, 2.05) is 25.1 Å². The first kappa shape index (κ1) is 22.3. The van der Waals surface area contributed by atoms with E-state index in [9.17, 15) is 14.4 Å². The summed E-state index contributed by atoms with van der Waals surface area (Å²) < 4.78 is 6.88. The maximum Gasteiger partial charge on any atom is 0.295 e. The SMILES string of the molecule is COc1cnc(-n2ccnn2)c2[nH]cc(C(=O)C(=O)N3CCN(C(=O)c4ccccc4)[C@H](C)C3)c12. The molecule has 35 heavy (non-hydrogen) atoms. The number of nitrogens with zero attached hydrogens (tertiary/aromatic N) is 6. The molecule has 4 aromatic rings. The number of benzene rings is 1. The van der Waals surface area contributed by atoms with E-state index in [0.29, 0.717) is 34.6 Å². The van der Waals surface area contributed by atoms with Crippen LogP contribution in [0.5, 0.6) is 5.75 Å². The van der Waals surface area contributed by atoms with Gasteiger partial charge in [0.2, 0.25) is 0 Å². The standard InChI is InChI=1S/C24H23N7O4/c1-15-14-29(10-11-30(15)23(33)16-6-4-3-5-7-16)24(34)21(32)17-12-25-20-19(17)18(35-2)13-26-22(20)31-9-8-27-28-31/h3-9,12-13,15,25H,10-11,14H2,1-2H3/t15-/m1/s1. The molecule has 1 aromatic carbocycles. The molecule has 178 valence electrons. The van der Waals surface area contributed by atoms with Gasteiger partial charge in [0.05, 0.1) is 42.2 Å². The number of fused-ring (bicyclic) bond motifs is 1. The summed E-state index contributed by atoms with van der Waals surface area (Å²) >= 11 is 0. The van der Waals surface area contributed by atoms with Crippen molar-refractivity contribution in [2.45, 2.75) is 13.0 Å². The topological polar surface area (TPSA) is 126 Å². The second-order valence-corrected chi connectivity index (χ2v) is 8.24. The summed E-state index contributed by atoms with van der Waals surface area (Å²) in [6.07, 6.45) is 6.09. The third kappa shape index (κ3) is 3.90. The lowest BCUT2D eigenvalue weighted by atomic mass is 10.1. The van der Waals surface area contributed by atoms with E-state index in [1.165, 1.54) is 35.3 Å². The van der Waals surface area contributed by atoms with Gasteiger partial charge in [0.1, 0.15) is 5.75 Å². The quantitative estimate of drug-likeness (QED) is 0.345. The van der Waals surface area contributed by atoms with Crippen molar-refractivity contribution in [1.82, 2.24) is 34.8 Å². The van der Waals surface area contributed by atoms with E-state index in [4.69, 9.17) is 4.74 Å². The van der Waals surface area contributed by atoms with Gasteiger partial charge in [-0.3, -0.25) is 14.4 Å². The number of ketones is 1. The van der Waals surface area contributed by atoms with Gasteiger partial charge in [0.25, 0.3) is 17.6 Å². The number of piperazine rings is 1. The Morgan fingerprint density at radius 3 is 2.63 bits per heavy atom. The smallest absolute Gasteiger partial charge is 0.295 e. The lowest BCUT2D eigenvalue weighted by Crippen LogP contribution is -2.56. The molecule has 1 N–H and O–H groups in total. The predicted octanol–water partition coefficient (Wildman–Crippen LogP) is 1.71. The van der Waals surface area contributed by atoms with E-state index in [-0.39, 0.29) is 30.6 Å². The molecule has 1 fully saturated rings. The van der Waals surface area contributed by atoms with Crippen LogP contribution in [-0.2, 0) is 4.79 Å². The van der Waals surface area contributed by atoms with Crippen molar-refractivity contribution in [1.29, 1.82) is 0 Å². The minimum atomic E-state index is -0.666. The number of aromatic amines is 1. The molecular formula is C24H23N7O4. The Hall–Kier alpha value is -4.54. The van der Waals surface area contributed by atoms with Crippen LogP contribution in [0.4, 0.5) is 0 Å². The molecule has 0 saturated carbocycles. The highest BCUT2D eigenvalue weighted by Crippen LogP contribution is 2.32. The summed E-state index contributed by atoms with van der Waals surface area (Å²) in [5, 5.41) is 8.20. The zero-order valence-corrected chi connectivity index (χ0v) is 19.2. The summed E-state index contributed by atoms with van der Waals surface area (Å²) in [5.74, 6) is -0.614. The Bertz CT molecular complexity index is 1400. The van der Waals surface area contributed by atoms with Gasteiger partial charge >= 0.3 is 0 Å². The monoisotopic (exact) mass is 473 g/mol. The first-order valence-electron chi connectivity index (χ1n) is 11.1. The van der Waals surface area contributed by atoms with Crippen molar-refractivity contribution in [3.63, 3.8) is 0 Å². The third-order valence-electron chi connectivity index (χ3n) is 6.15. The molecule has 11 nitrogen and oxygen atoms in total. The van der Waals surface area contributed by atoms with Crippen molar-refractivity contribution in [3.05, 3.63) is 66.2 Å². The molecular weight excluding hydrogens is 450 g/mol. The van der Waals surface area contributed by atoms with E-state index in [2.05, 4.69) is 20.3 Å². The van der Waals surface area contributed by atoms with Crippen LogP contribution in [-0.4, -0.2) is 85.1 Å². The molecule has 0 bridgehead atoms. The van der Waals surface area contributed by atoms with Crippen molar-refractivity contribution in [3.8, 4) is 11.6 Å². The Labute approximate surface area is 200 Å². The van der Waals surface area contributed by atoms with Crippen molar-refractivity contribution in [2.75, 3.05) is 26.7 Å². The van der Waals surface area contributed by atoms with Gasteiger partial charge in [-0.15, -0.1) is 5.10 Å². The molecule has 0 spiro atoms. The number of amides is 2. The summed E-state index contributed by atoms with van der Waals surface area (Å²) in [7, 11) is 1.47. The van der Waals surface area contributed by atoms with E-state index in [1.54, 1.807) is 23.2 Å². The number of hydrogen-bond acceptors (Lipinski definition) is 7. The van der Waals surface area contributed by atoms with Gasteiger partial charge in [-0.05, 0) is 19.1 Å². The van der Waals surface area contributed by atoms with Crippen LogP contribution in [0.25, 0.3) is 16.7 Å². The highest BCUT2D eigenvalue weighted by molar-refractivity contribution is 6.45. The molecule has 11 heteroatoms. The fraction of sp³-hybridized carbons (Fsp3) is 0.250. The van der Waals surface area contributed by atoms with E-state index in [0.717, 1.165) is 0 Å². The third-order valence-corrected chi connectivity index (χ3v) is 6.15. The number of methoxy groups -OCH3 is 1. The number of carbonyl (C=O) groups is 3. The zero-order chi connectivity index (χ0) is 24.5. The number of pyridine rings is 1. The van der Waals surface area contributed by atoms with Crippen LogP contribution in [0, 0.1) is 0 Å². The number of nitrogens with one attached hydrogen (secondary N) is 1. The maximum absolute atomic E-state index is 13.3. The normalized spacial score (nSPS) is 15.9. The second kappa shape index (κ2) is 9.01. The first-order valence-corrected chi connectivity index (χ1v) is 11.1. The Morgan fingerprint density at radius 2 is 1.94 bits per heavy atom. The van der Waals surface area contributed by atoms with Crippen molar-refractivity contribution < 1.29 is 19.1 Å². The van der Waals surface area contributed by atoms with Crippen LogP contribution >= 0.6 is 0 Å². The Morgan fingerprint density at radius 1 is 1.14 bits per heavy atom. The second-order valence-electron chi connectivity index (χ2n) is 8.24. The molecule has 1 aliphatic heterocycles. The highest BCUT2D eigenvalue weighted by Gasteiger charge is 2.34. The molecule has 0 radical (unpaired) electrons. The number of hydrogen-bond donors (Lipinski definition) is 1. The first-order chi connectivity index (χ1) is 17.0. The van der Waals surface area contributed by atoms with Gasteiger partial charge in [-0.1, -0.05) is 23.4 Å². The van der Waals surface area contributed by atoms with Crippen LogP contribution in [0.15, 0.2) is 55.1 Å². The van der Waals surface area contributed by atoms with E-state index < -0.39 is 11.7 Å². The molecule has 3 aromatic heterocycles. The van der Waals surface area contributed by atoms with Gasteiger partial charge in [-0.25, -0.2) is 9.67 Å². The zero-order valence-electron chi connectivity index (χ0n) is 19.2. The summed E-state index contributed by atoms with van der Waals surface area (Å²) in [4.78, 5) is 50.0. The summed E-state index contributed by atoms with van der Waals surface area (Å²) in [6.45, 7) is 2.73. The molecule has 5 rings (SSSR count). The van der Waals surface area contributed by atoms with Crippen LogP contribution < -0.4 is 4.74 Å². The largest absolute Gasteiger partial charge is 0.494 e. The minimum Gasteiger partial charge on any atom is -0.494 e. The number of aromatic nitrogens is 5. The molecule has 1 aliphatic rings. The number of H-pyrrole nitrogens is 1. The Kier molecular flexibility index (Phi) is 5.73. The number of rotatable bonds is 5. The average Bonchev–Trinajstić information content (AvgIpc) is 3.58. The molecule has 1 saturated heterocycles. The van der Waals surface area contributed by atoms with Crippen LogP contribution in [0.1, 0.15) is 27.6 Å². The van der Waals surface area contributed by atoms with Crippen LogP contribution in [0.2, 0.25) is 0 Å². The fourth-order valence-electron chi connectivity index (χ4n) is 4.38. The van der Waals surface area contributed by atoms with E-state index >= 15 is 0 Å². The van der Waals surface area contributed by atoms with Crippen LogP contribution in [0.3, 0.4) is 0 Å². The molecule has 1 atom stereocenters. The summed E-state index contributed by atoms with van der Waals surface area (Å²) in [6, 6.07) is 8.78. The average molecular weight is 473 g/mol. The lowest BCUT2D eigenvalue weighted by Gasteiger charge is -2.39. The van der Waals surface area contributed by atoms with Crippen molar-refractivity contribution in [2.24, 2.45) is 0 Å². The lowest BCUT2D eigenvalue weighted by molar-refractivity contribution is -0.128. The minimum absolute atomic E-state index is 0.0916. The van der Waals surface area contributed by atoms with Gasteiger partial charge < -0.3 is 19.5 Å². The number of Topliss-reactive ketones (excluding diaryl/α,β-unsaturated/α-hetero) is 1. The molecule has 2 amide bonds. The van der Waals surface area contributed by atoms with Gasteiger partial charge in [-0.2, -0.15) is 0 Å².